The number of piperazine rings is 1. The fraction of sp³-hybridized carbons (Fsp3) is 0.278. The van der Waals surface area contributed by atoms with Crippen LogP contribution in [0.1, 0.15) is 5.56 Å². The lowest BCUT2D eigenvalue weighted by molar-refractivity contribution is 0.415. The summed E-state index contributed by atoms with van der Waals surface area (Å²) < 4.78 is 6.19. The normalized spacial score (nSPS) is 14.5. The summed E-state index contributed by atoms with van der Waals surface area (Å²) >= 11 is 3.58. The molecule has 2 aromatic rings. The molecule has 0 aromatic heterocycles. The third-order valence-electron chi connectivity index (χ3n) is 4.13. The van der Waals surface area contributed by atoms with Crippen LogP contribution in [0, 0.1) is 11.3 Å². The van der Waals surface area contributed by atoms with E-state index in [0.29, 0.717) is 5.56 Å². The van der Waals surface area contributed by atoms with Gasteiger partial charge in [-0.05, 0) is 58.4 Å². The molecule has 5 heteroatoms. The van der Waals surface area contributed by atoms with Crippen molar-refractivity contribution in [3.63, 3.8) is 0 Å². The van der Waals surface area contributed by atoms with Gasteiger partial charge < -0.3 is 14.5 Å². The van der Waals surface area contributed by atoms with Gasteiger partial charge in [-0.3, -0.25) is 0 Å². The van der Waals surface area contributed by atoms with Gasteiger partial charge in [-0.2, -0.15) is 5.26 Å². The average Bonchev–Trinajstić information content (AvgIpc) is 2.62. The largest absolute Gasteiger partial charge is 0.497 e. The summed E-state index contributed by atoms with van der Waals surface area (Å²) in [5.41, 5.74) is 3.06. The van der Waals surface area contributed by atoms with E-state index in [1.54, 1.807) is 7.11 Å². The number of nitrogens with zero attached hydrogens (tertiary/aromatic N) is 3. The van der Waals surface area contributed by atoms with Crippen LogP contribution in [-0.4, -0.2) is 33.3 Å². The molecule has 2 aromatic carbocycles. The van der Waals surface area contributed by atoms with Crippen LogP contribution in [0.25, 0.3) is 0 Å². The van der Waals surface area contributed by atoms with Crippen molar-refractivity contribution in [2.24, 2.45) is 0 Å². The fourth-order valence-electron chi connectivity index (χ4n) is 2.83. The van der Waals surface area contributed by atoms with Crippen LogP contribution in [-0.2, 0) is 0 Å². The Bertz CT molecular complexity index is 716. The third kappa shape index (κ3) is 3.43. The molecule has 3 rings (SSSR count). The molecule has 0 radical (unpaired) electrons. The number of hydrogen-bond acceptors (Lipinski definition) is 4. The smallest absolute Gasteiger partial charge is 0.119 e. The van der Waals surface area contributed by atoms with E-state index in [0.717, 1.165) is 42.1 Å². The molecule has 0 bridgehead atoms. The zero-order valence-electron chi connectivity index (χ0n) is 13.0. The number of methoxy groups -OCH3 is 1. The van der Waals surface area contributed by atoms with Gasteiger partial charge in [0.1, 0.15) is 5.75 Å². The second-order valence-electron chi connectivity index (χ2n) is 5.45. The molecule has 4 nitrogen and oxygen atoms in total. The maximum atomic E-state index is 8.96. The van der Waals surface area contributed by atoms with E-state index in [1.165, 1.54) is 5.69 Å². The standard InChI is InChI=1S/C18H18BrN3O/c1-23-16-5-3-15(4-6-16)21-8-10-22(11-9-21)18-7-2-14(13-20)12-17(18)19/h2-7,12H,8-11H2,1H3. The number of halogens is 1. The van der Waals surface area contributed by atoms with E-state index < -0.39 is 0 Å². The van der Waals surface area contributed by atoms with Gasteiger partial charge in [0.25, 0.3) is 0 Å². The average molecular weight is 372 g/mol. The van der Waals surface area contributed by atoms with Crippen molar-refractivity contribution in [1.82, 2.24) is 0 Å². The maximum absolute atomic E-state index is 8.96. The topological polar surface area (TPSA) is 39.5 Å². The van der Waals surface area contributed by atoms with Gasteiger partial charge in [0.05, 0.1) is 24.4 Å². The van der Waals surface area contributed by atoms with Crippen LogP contribution in [0.3, 0.4) is 0 Å². The molecule has 1 aliphatic heterocycles. The van der Waals surface area contributed by atoms with E-state index in [-0.39, 0.29) is 0 Å². The number of hydrogen-bond donors (Lipinski definition) is 0. The molecule has 0 saturated carbocycles. The molecule has 0 unspecified atom stereocenters. The highest BCUT2D eigenvalue weighted by Crippen LogP contribution is 2.29. The highest BCUT2D eigenvalue weighted by Gasteiger charge is 2.19. The number of rotatable bonds is 3. The molecule has 0 aliphatic carbocycles. The van der Waals surface area contributed by atoms with Crippen molar-refractivity contribution in [3.8, 4) is 11.8 Å². The number of benzene rings is 2. The highest BCUT2D eigenvalue weighted by atomic mass is 79.9. The molecule has 0 amide bonds. The van der Waals surface area contributed by atoms with Crippen LogP contribution in [0.15, 0.2) is 46.9 Å². The lowest BCUT2D eigenvalue weighted by atomic mass is 10.2. The second kappa shape index (κ2) is 6.93. The Morgan fingerprint density at radius 1 is 1.00 bits per heavy atom. The minimum atomic E-state index is 0.678. The summed E-state index contributed by atoms with van der Waals surface area (Å²) in [6.07, 6.45) is 0. The summed E-state index contributed by atoms with van der Waals surface area (Å²) in [6.45, 7) is 3.85. The summed E-state index contributed by atoms with van der Waals surface area (Å²) in [4.78, 5) is 4.73. The minimum Gasteiger partial charge on any atom is -0.497 e. The Labute approximate surface area is 145 Å². The first-order valence-corrected chi connectivity index (χ1v) is 8.34. The SMILES string of the molecule is COc1ccc(N2CCN(c3ccc(C#N)cc3Br)CC2)cc1. The first-order valence-electron chi connectivity index (χ1n) is 7.55. The Morgan fingerprint density at radius 2 is 1.65 bits per heavy atom. The molecule has 0 atom stereocenters. The molecule has 1 saturated heterocycles. The zero-order chi connectivity index (χ0) is 16.2. The maximum Gasteiger partial charge on any atom is 0.119 e. The van der Waals surface area contributed by atoms with Crippen molar-refractivity contribution in [3.05, 3.63) is 52.5 Å². The van der Waals surface area contributed by atoms with Crippen molar-refractivity contribution in [2.75, 3.05) is 43.1 Å². The van der Waals surface area contributed by atoms with Crippen LogP contribution in [0.5, 0.6) is 5.75 Å². The zero-order valence-corrected chi connectivity index (χ0v) is 14.6. The van der Waals surface area contributed by atoms with Crippen molar-refractivity contribution < 1.29 is 4.74 Å². The van der Waals surface area contributed by atoms with Crippen molar-refractivity contribution in [1.29, 1.82) is 5.26 Å². The van der Waals surface area contributed by atoms with Gasteiger partial charge in [0.2, 0.25) is 0 Å². The van der Waals surface area contributed by atoms with Crippen LogP contribution >= 0.6 is 15.9 Å². The Balaban J connectivity index is 1.67. The summed E-state index contributed by atoms with van der Waals surface area (Å²) in [5, 5.41) is 8.96. The highest BCUT2D eigenvalue weighted by molar-refractivity contribution is 9.10. The van der Waals surface area contributed by atoms with E-state index >= 15 is 0 Å². The Hall–Kier alpha value is -2.19. The molecule has 0 spiro atoms. The molecule has 1 aliphatic rings. The summed E-state index contributed by atoms with van der Waals surface area (Å²) in [6, 6.07) is 16.1. The van der Waals surface area contributed by atoms with Gasteiger partial charge >= 0.3 is 0 Å². The lowest BCUT2D eigenvalue weighted by Gasteiger charge is -2.37. The van der Waals surface area contributed by atoms with E-state index in [2.05, 4.69) is 43.9 Å². The van der Waals surface area contributed by atoms with E-state index in [9.17, 15) is 0 Å². The van der Waals surface area contributed by atoms with Gasteiger partial charge in [-0.15, -0.1) is 0 Å². The number of nitriles is 1. The molecule has 1 fully saturated rings. The molecule has 23 heavy (non-hydrogen) atoms. The second-order valence-corrected chi connectivity index (χ2v) is 6.30. The predicted octanol–water partition coefficient (Wildman–Crippen LogP) is 3.66. The summed E-state index contributed by atoms with van der Waals surface area (Å²) in [7, 11) is 1.68. The molecule has 1 heterocycles. The van der Waals surface area contributed by atoms with Crippen molar-refractivity contribution >= 4 is 27.3 Å². The van der Waals surface area contributed by atoms with Crippen LogP contribution < -0.4 is 14.5 Å². The van der Waals surface area contributed by atoms with Gasteiger partial charge in [0.15, 0.2) is 0 Å². The van der Waals surface area contributed by atoms with Crippen LogP contribution in [0.4, 0.5) is 11.4 Å². The van der Waals surface area contributed by atoms with Gasteiger partial charge in [0, 0.05) is 36.3 Å². The number of ether oxygens (including phenoxy) is 1. The van der Waals surface area contributed by atoms with Crippen LogP contribution in [0.2, 0.25) is 0 Å². The summed E-state index contributed by atoms with van der Waals surface area (Å²) in [5.74, 6) is 0.883. The minimum absolute atomic E-state index is 0.678. The first kappa shape index (κ1) is 15.7. The molecular formula is C18H18BrN3O. The third-order valence-corrected chi connectivity index (χ3v) is 4.77. The van der Waals surface area contributed by atoms with Gasteiger partial charge in [-0.25, -0.2) is 0 Å². The lowest BCUT2D eigenvalue weighted by Crippen LogP contribution is -2.46. The Morgan fingerprint density at radius 3 is 2.22 bits per heavy atom. The Kier molecular flexibility index (Phi) is 4.73. The number of anilines is 2. The van der Waals surface area contributed by atoms with E-state index in [4.69, 9.17) is 10.00 Å². The van der Waals surface area contributed by atoms with Crippen molar-refractivity contribution in [2.45, 2.75) is 0 Å². The van der Waals surface area contributed by atoms with E-state index in [1.807, 2.05) is 30.3 Å². The van der Waals surface area contributed by atoms with Gasteiger partial charge in [-0.1, -0.05) is 0 Å². The quantitative estimate of drug-likeness (QED) is 0.825. The molecule has 118 valence electrons. The molecular weight excluding hydrogens is 354 g/mol. The monoisotopic (exact) mass is 371 g/mol. The fourth-order valence-corrected chi connectivity index (χ4v) is 3.46. The predicted molar refractivity (Wildman–Crippen MR) is 96.3 cm³/mol. The molecule has 0 N–H and O–H groups in total. The first-order chi connectivity index (χ1) is 11.2.